The number of amides is 3. The highest BCUT2D eigenvalue weighted by Crippen LogP contribution is 2.22. The number of hydrogen-bond acceptors (Lipinski definition) is 8. The molecular weight excluding hydrogens is 610 g/mol. The number of hydrogen-bond donors (Lipinski definition) is 6. The van der Waals surface area contributed by atoms with Gasteiger partial charge < -0.3 is 31.7 Å². The molecule has 0 aromatic heterocycles. The van der Waals surface area contributed by atoms with Crippen molar-refractivity contribution in [2.24, 2.45) is 11.5 Å². The largest absolute Gasteiger partial charge is 0.497 e. The number of ether oxygens (including phenoxy) is 1. The van der Waals surface area contributed by atoms with Gasteiger partial charge in [-0.25, -0.2) is 8.42 Å². The van der Waals surface area contributed by atoms with Gasteiger partial charge in [-0.05, 0) is 53.8 Å². The molecule has 1 aliphatic heterocycles. The minimum Gasteiger partial charge on any atom is -0.497 e. The Labute approximate surface area is 268 Å². The summed E-state index contributed by atoms with van der Waals surface area (Å²) < 4.78 is 34.2. The number of nitrogens with two attached hydrogens (primary N) is 2. The van der Waals surface area contributed by atoms with E-state index in [1.54, 1.807) is 24.3 Å². The molecule has 0 spiro atoms. The van der Waals surface area contributed by atoms with Crippen LogP contribution in [0.2, 0.25) is 0 Å². The molecule has 13 nitrogen and oxygen atoms in total. The van der Waals surface area contributed by atoms with Gasteiger partial charge in [-0.2, -0.15) is 4.72 Å². The van der Waals surface area contributed by atoms with Crippen molar-refractivity contribution in [2.75, 3.05) is 13.7 Å². The number of nitrogen functional groups attached to an aromatic ring is 1. The molecule has 1 aliphatic rings. The lowest BCUT2D eigenvalue weighted by molar-refractivity contribution is -0.140. The van der Waals surface area contributed by atoms with Crippen molar-refractivity contribution in [1.82, 2.24) is 20.3 Å². The summed E-state index contributed by atoms with van der Waals surface area (Å²) in [4.78, 5) is 41.4. The van der Waals surface area contributed by atoms with Crippen LogP contribution in [0.15, 0.2) is 77.7 Å². The van der Waals surface area contributed by atoms with E-state index in [1.807, 2.05) is 24.3 Å². The Balaban J connectivity index is 1.49. The number of carbonyl (C=O) groups excluding carboxylic acids is 3. The molecule has 244 valence electrons. The number of methoxy groups -OCH3 is 1. The molecule has 2 atom stereocenters. The topological polar surface area (TPSA) is 210 Å². The third-order valence-corrected chi connectivity index (χ3v) is 9.13. The van der Waals surface area contributed by atoms with Gasteiger partial charge in [0.15, 0.2) is 0 Å². The second kappa shape index (κ2) is 15.5. The summed E-state index contributed by atoms with van der Waals surface area (Å²) in [5.74, 6) is -1.25. The third kappa shape index (κ3) is 8.90. The van der Waals surface area contributed by atoms with Crippen molar-refractivity contribution in [3.63, 3.8) is 0 Å². The molecular formula is C32H39N7O6S. The average molecular weight is 650 g/mol. The highest BCUT2D eigenvalue weighted by molar-refractivity contribution is 7.89. The lowest BCUT2D eigenvalue weighted by atomic mass is 10.1. The molecule has 14 heteroatoms. The van der Waals surface area contributed by atoms with E-state index in [0.717, 1.165) is 16.7 Å². The van der Waals surface area contributed by atoms with Crippen LogP contribution in [0, 0.1) is 5.41 Å². The summed E-state index contributed by atoms with van der Waals surface area (Å²) in [5, 5.41) is 13.1. The van der Waals surface area contributed by atoms with E-state index in [0.29, 0.717) is 30.7 Å². The maximum Gasteiger partial charge on any atom is 0.243 e. The Kier molecular flexibility index (Phi) is 11.5. The number of carbonyl (C=O) groups is 3. The van der Waals surface area contributed by atoms with E-state index in [2.05, 4.69) is 15.4 Å². The molecule has 1 heterocycles. The first-order valence-corrected chi connectivity index (χ1v) is 16.2. The van der Waals surface area contributed by atoms with Crippen LogP contribution in [0.5, 0.6) is 5.75 Å². The van der Waals surface area contributed by atoms with Crippen LogP contribution in [-0.4, -0.2) is 62.6 Å². The second-order valence-electron chi connectivity index (χ2n) is 10.9. The van der Waals surface area contributed by atoms with Gasteiger partial charge in [0.25, 0.3) is 0 Å². The number of likely N-dealkylation sites (tertiary alicyclic amines) is 1. The lowest BCUT2D eigenvalue weighted by Crippen LogP contribution is -2.54. The summed E-state index contributed by atoms with van der Waals surface area (Å²) in [7, 11) is -2.79. The number of benzene rings is 3. The number of amidine groups is 1. The molecule has 4 rings (SSSR count). The number of rotatable bonds is 14. The van der Waals surface area contributed by atoms with Gasteiger partial charge in [-0.15, -0.1) is 0 Å². The maximum atomic E-state index is 13.9. The number of nitrogens with zero attached hydrogens (tertiary/aromatic N) is 1. The van der Waals surface area contributed by atoms with E-state index >= 15 is 0 Å². The molecule has 0 saturated carbocycles. The highest BCUT2D eigenvalue weighted by Gasteiger charge is 2.39. The van der Waals surface area contributed by atoms with E-state index in [1.165, 1.54) is 36.3 Å². The molecule has 0 radical (unpaired) electrons. The molecule has 1 fully saturated rings. The zero-order valence-corrected chi connectivity index (χ0v) is 26.3. The molecule has 3 aromatic carbocycles. The monoisotopic (exact) mass is 649 g/mol. The summed E-state index contributed by atoms with van der Waals surface area (Å²) in [6.07, 6.45) is 0.416. The van der Waals surface area contributed by atoms with Crippen molar-refractivity contribution in [1.29, 1.82) is 5.41 Å². The molecule has 8 N–H and O–H groups in total. The van der Waals surface area contributed by atoms with Gasteiger partial charge in [0.1, 0.15) is 23.7 Å². The standard InChI is InChI=1S/C32H39N7O6S/c1-45-25-11-13-26(14-12-25)46(43,44)38-27(17-29(40)36-20-23-5-2-4-22(16-23)18-33)32(42)39-15-3-6-28(39)31(41)37-19-21-7-9-24(10-8-21)30(34)35/h2,4-5,7-14,16,27-28,38H,3,6,15,17-20,33H2,1H3,(H3,34,35)(H,36,40)(H,37,41)/t27-,28-/m0/s1. The van der Waals surface area contributed by atoms with Crippen LogP contribution in [-0.2, 0) is 44.0 Å². The summed E-state index contributed by atoms with van der Waals surface area (Å²) >= 11 is 0. The van der Waals surface area contributed by atoms with Crippen LogP contribution in [0.4, 0.5) is 0 Å². The quantitative estimate of drug-likeness (QED) is 0.110. The van der Waals surface area contributed by atoms with Crippen LogP contribution < -0.4 is 31.6 Å². The predicted molar refractivity (Wildman–Crippen MR) is 172 cm³/mol. The fourth-order valence-electron chi connectivity index (χ4n) is 5.13. The van der Waals surface area contributed by atoms with Crippen LogP contribution in [0.25, 0.3) is 0 Å². The molecule has 3 amide bonds. The first-order valence-electron chi connectivity index (χ1n) is 14.7. The second-order valence-corrected chi connectivity index (χ2v) is 12.6. The summed E-state index contributed by atoms with van der Waals surface area (Å²) in [6.45, 7) is 0.887. The Morgan fingerprint density at radius 2 is 1.65 bits per heavy atom. The fraction of sp³-hybridized carbons (Fsp3) is 0.312. The molecule has 0 unspecified atom stereocenters. The van der Waals surface area contributed by atoms with E-state index < -0.39 is 46.2 Å². The van der Waals surface area contributed by atoms with Crippen molar-refractivity contribution in [3.05, 3.63) is 95.1 Å². The van der Waals surface area contributed by atoms with E-state index in [-0.39, 0.29) is 30.4 Å². The van der Waals surface area contributed by atoms with Gasteiger partial charge >= 0.3 is 0 Å². The Morgan fingerprint density at radius 1 is 0.978 bits per heavy atom. The fourth-order valence-corrected chi connectivity index (χ4v) is 6.32. The SMILES string of the molecule is COc1ccc(S(=O)(=O)N[C@@H](CC(=O)NCc2cccc(CN)c2)C(=O)N2CCC[C@H]2C(=O)NCc2ccc(C(=N)N)cc2)cc1. The van der Waals surface area contributed by atoms with Gasteiger partial charge in [-0.3, -0.25) is 19.8 Å². The van der Waals surface area contributed by atoms with Crippen molar-refractivity contribution in [2.45, 2.75) is 55.9 Å². The first-order chi connectivity index (χ1) is 22.0. The summed E-state index contributed by atoms with van der Waals surface area (Å²) in [5.41, 5.74) is 14.2. The molecule has 1 saturated heterocycles. The van der Waals surface area contributed by atoms with Crippen LogP contribution in [0.3, 0.4) is 0 Å². The maximum absolute atomic E-state index is 13.9. The van der Waals surface area contributed by atoms with E-state index in [4.69, 9.17) is 21.6 Å². The molecule has 46 heavy (non-hydrogen) atoms. The summed E-state index contributed by atoms with van der Waals surface area (Å²) in [6, 6.07) is 17.5. The molecule has 0 aliphatic carbocycles. The first kappa shape index (κ1) is 34.1. The van der Waals surface area contributed by atoms with Gasteiger partial charge in [-0.1, -0.05) is 48.5 Å². The lowest BCUT2D eigenvalue weighted by Gasteiger charge is -2.28. The normalized spacial score (nSPS) is 15.2. The van der Waals surface area contributed by atoms with Crippen molar-refractivity contribution >= 4 is 33.6 Å². The highest BCUT2D eigenvalue weighted by atomic mass is 32.2. The van der Waals surface area contributed by atoms with Crippen molar-refractivity contribution < 1.29 is 27.5 Å². The van der Waals surface area contributed by atoms with Crippen molar-refractivity contribution in [3.8, 4) is 5.75 Å². The predicted octanol–water partition coefficient (Wildman–Crippen LogP) is 1.10. The van der Waals surface area contributed by atoms with Gasteiger partial charge in [0, 0.05) is 31.7 Å². The number of nitrogens with one attached hydrogen (secondary N) is 4. The smallest absolute Gasteiger partial charge is 0.243 e. The Morgan fingerprint density at radius 3 is 2.30 bits per heavy atom. The van der Waals surface area contributed by atoms with Crippen LogP contribution >= 0.6 is 0 Å². The molecule has 3 aromatic rings. The zero-order valence-electron chi connectivity index (χ0n) is 25.5. The third-order valence-electron chi connectivity index (χ3n) is 7.64. The minimum atomic E-state index is -4.25. The zero-order chi connectivity index (χ0) is 33.3. The Hall–Kier alpha value is -4.79. The van der Waals surface area contributed by atoms with Gasteiger partial charge in [0.05, 0.1) is 18.4 Å². The number of sulfonamides is 1. The minimum absolute atomic E-state index is 0.0673. The Bertz CT molecular complexity index is 1660. The molecule has 0 bridgehead atoms. The van der Waals surface area contributed by atoms with E-state index in [9.17, 15) is 22.8 Å². The average Bonchev–Trinajstić information content (AvgIpc) is 3.56. The van der Waals surface area contributed by atoms with Crippen LogP contribution in [0.1, 0.15) is 41.5 Å². The van der Waals surface area contributed by atoms with Gasteiger partial charge in [0.2, 0.25) is 27.7 Å².